The van der Waals surface area contributed by atoms with Gasteiger partial charge < -0.3 is 10.1 Å². The molecule has 0 atom stereocenters. The second-order valence-corrected chi connectivity index (χ2v) is 4.67. The zero-order valence-corrected chi connectivity index (χ0v) is 10.9. The summed E-state index contributed by atoms with van der Waals surface area (Å²) < 4.78 is 5.06. The van der Waals surface area contributed by atoms with Gasteiger partial charge in [0.25, 0.3) is 0 Å². The first-order chi connectivity index (χ1) is 7.45. The number of amides is 1. The normalized spacial score (nSPS) is 10.2. The van der Waals surface area contributed by atoms with E-state index in [2.05, 4.69) is 24.1 Å². The van der Waals surface area contributed by atoms with Crippen LogP contribution in [0.15, 0.2) is 0 Å². The van der Waals surface area contributed by atoms with Crippen LogP contribution in [0, 0.1) is 11.8 Å². The average Bonchev–Trinajstić information content (AvgIpc) is 2.13. The first-order valence-corrected chi connectivity index (χ1v) is 5.88. The van der Waals surface area contributed by atoms with Crippen LogP contribution in [0.4, 0.5) is 4.79 Å². The second-order valence-electron chi connectivity index (χ2n) is 4.67. The Morgan fingerprint density at radius 2 is 1.94 bits per heavy atom. The number of carbonyl (C=O) groups excluding carboxylic acids is 1. The fraction of sp³-hybridized carbons (Fsp3) is 0.769. The Morgan fingerprint density at radius 3 is 2.50 bits per heavy atom. The lowest BCUT2D eigenvalue weighted by atomic mass is 10.2. The van der Waals surface area contributed by atoms with Gasteiger partial charge in [0, 0.05) is 6.42 Å². The fourth-order valence-electron chi connectivity index (χ4n) is 1.04. The summed E-state index contributed by atoms with van der Waals surface area (Å²) in [5.74, 6) is 5.92. The van der Waals surface area contributed by atoms with Crippen molar-refractivity contribution in [2.45, 2.75) is 59.0 Å². The molecule has 0 saturated heterocycles. The molecule has 0 heterocycles. The standard InChI is InChI=1S/C13H23NO2/c1-5-6-7-8-9-10-11-14-12(15)16-13(2,3)4/h5-8,11H2,1-4H3,(H,14,15). The van der Waals surface area contributed by atoms with E-state index in [0.717, 1.165) is 12.8 Å². The van der Waals surface area contributed by atoms with Crippen molar-refractivity contribution in [1.29, 1.82) is 0 Å². The molecule has 0 aromatic rings. The van der Waals surface area contributed by atoms with Gasteiger partial charge in [-0.15, -0.1) is 5.92 Å². The molecule has 0 aromatic heterocycles. The molecule has 16 heavy (non-hydrogen) atoms. The molecule has 3 heteroatoms. The molecule has 3 nitrogen and oxygen atoms in total. The summed E-state index contributed by atoms with van der Waals surface area (Å²) in [6.45, 7) is 8.04. The van der Waals surface area contributed by atoms with Crippen molar-refractivity contribution in [1.82, 2.24) is 5.32 Å². The van der Waals surface area contributed by atoms with Gasteiger partial charge in [-0.2, -0.15) is 0 Å². The Kier molecular flexibility index (Phi) is 7.45. The third-order valence-corrected chi connectivity index (χ3v) is 1.75. The lowest BCUT2D eigenvalue weighted by Crippen LogP contribution is -2.32. The van der Waals surface area contributed by atoms with E-state index in [0.29, 0.717) is 6.54 Å². The van der Waals surface area contributed by atoms with E-state index in [4.69, 9.17) is 4.74 Å². The molecule has 0 aliphatic carbocycles. The van der Waals surface area contributed by atoms with Gasteiger partial charge in [-0.3, -0.25) is 0 Å². The molecular weight excluding hydrogens is 202 g/mol. The zero-order chi connectivity index (χ0) is 12.4. The molecular formula is C13H23NO2. The predicted octanol–water partition coefficient (Wildman–Crippen LogP) is 3.09. The highest BCUT2D eigenvalue weighted by Crippen LogP contribution is 2.05. The van der Waals surface area contributed by atoms with Crippen molar-refractivity contribution in [3.63, 3.8) is 0 Å². The van der Waals surface area contributed by atoms with E-state index in [1.165, 1.54) is 12.8 Å². The van der Waals surface area contributed by atoms with E-state index in [1.54, 1.807) is 0 Å². The number of carbonyl (C=O) groups is 1. The van der Waals surface area contributed by atoms with Crippen molar-refractivity contribution in [2.75, 3.05) is 6.54 Å². The molecule has 0 aliphatic heterocycles. The van der Waals surface area contributed by atoms with Crippen LogP contribution in [0.2, 0.25) is 0 Å². The van der Waals surface area contributed by atoms with Gasteiger partial charge in [0.1, 0.15) is 5.60 Å². The number of unbranched alkanes of at least 4 members (excludes halogenated alkanes) is 3. The number of nitrogens with one attached hydrogen (secondary N) is 1. The molecule has 0 aromatic carbocycles. The van der Waals surface area contributed by atoms with E-state index in [1.807, 2.05) is 20.8 Å². The highest BCUT2D eigenvalue weighted by molar-refractivity contribution is 5.67. The van der Waals surface area contributed by atoms with E-state index >= 15 is 0 Å². The number of alkyl carbamates (subject to hydrolysis) is 1. The smallest absolute Gasteiger partial charge is 0.408 e. The number of ether oxygens (including phenoxy) is 1. The van der Waals surface area contributed by atoms with Crippen molar-refractivity contribution in [3.8, 4) is 11.8 Å². The number of hydrogen-bond donors (Lipinski definition) is 1. The highest BCUT2D eigenvalue weighted by atomic mass is 16.6. The molecule has 0 bridgehead atoms. The minimum absolute atomic E-state index is 0.362. The van der Waals surface area contributed by atoms with Crippen molar-refractivity contribution in [3.05, 3.63) is 0 Å². The molecule has 0 rings (SSSR count). The van der Waals surface area contributed by atoms with E-state index < -0.39 is 11.7 Å². The van der Waals surface area contributed by atoms with Gasteiger partial charge in [0.15, 0.2) is 0 Å². The van der Waals surface area contributed by atoms with Crippen LogP contribution in [0.25, 0.3) is 0 Å². The van der Waals surface area contributed by atoms with Gasteiger partial charge >= 0.3 is 6.09 Å². The highest BCUT2D eigenvalue weighted by Gasteiger charge is 2.14. The SMILES string of the molecule is CCCCCC#CCNC(=O)OC(C)(C)C. The molecule has 0 radical (unpaired) electrons. The third-order valence-electron chi connectivity index (χ3n) is 1.75. The van der Waals surface area contributed by atoms with Crippen molar-refractivity contribution in [2.24, 2.45) is 0 Å². The molecule has 0 aliphatic rings. The minimum Gasteiger partial charge on any atom is -0.444 e. The first-order valence-electron chi connectivity index (χ1n) is 5.88. The van der Waals surface area contributed by atoms with Crippen LogP contribution >= 0.6 is 0 Å². The Hall–Kier alpha value is -1.17. The minimum atomic E-state index is -0.446. The second kappa shape index (κ2) is 8.04. The summed E-state index contributed by atoms with van der Waals surface area (Å²) >= 11 is 0. The summed E-state index contributed by atoms with van der Waals surface area (Å²) in [5.41, 5.74) is -0.446. The van der Waals surface area contributed by atoms with Gasteiger partial charge in [0.05, 0.1) is 6.54 Å². The van der Waals surface area contributed by atoms with Gasteiger partial charge in [-0.1, -0.05) is 25.7 Å². The maximum Gasteiger partial charge on any atom is 0.408 e. The number of rotatable bonds is 4. The van der Waals surface area contributed by atoms with Crippen LogP contribution in [0.5, 0.6) is 0 Å². The van der Waals surface area contributed by atoms with Crippen LogP contribution in [-0.4, -0.2) is 18.2 Å². The Balaban J connectivity index is 3.54. The molecule has 0 unspecified atom stereocenters. The molecule has 92 valence electrons. The third kappa shape index (κ3) is 10.9. The molecule has 1 amide bonds. The molecule has 0 spiro atoms. The Labute approximate surface area is 98.9 Å². The lowest BCUT2D eigenvalue weighted by Gasteiger charge is -2.18. The summed E-state index contributed by atoms with van der Waals surface area (Å²) in [6.07, 6.45) is 4.06. The zero-order valence-electron chi connectivity index (χ0n) is 10.9. The van der Waals surface area contributed by atoms with Crippen LogP contribution in [-0.2, 0) is 4.74 Å². The monoisotopic (exact) mass is 225 g/mol. The molecule has 1 N–H and O–H groups in total. The van der Waals surface area contributed by atoms with Crippen LogP contribution < -0.4 is 5.32 Å². The Morgan fingerprint density at radius 1 is 1.25 bits per heavy atom. The molecule has 0 fully saturated rings. The van der Waals surface area contributed by atoms with Gasteiger partial charge in [0.2, 0.25) is 0 Å². The lowest BCUT2D eigenvalue weighted by molar-refractivity contribution is 0.0535. The number of hydrogen-bond acceptors (Lipinski definition) is 2. The summed E-state index contributed by atoms with van der Waals surface area (Å²) in [5, 5.41) is 2.60. The van der Waals surface area contributed by atoms with Crippen LogP contribution in [0.1, 0.15) is 53.4 Å². The van der Waals surface area contributed by atoms with Gasteiger partial charge in [-0.25, -0.2) is 4.79 Å². The maximum atomic E-state index is 11.2. The van der Waals surface area contributed by atoms with E-state index in [-0.39, 0.29) is 0 Å². The van der Waals surface area contributed by atoms with Crippen LogP contribution in [0.3, 0.4) is 0 Å². The van der Waals surface area contributed by atoms with Gasteiger partial charge in [-0.05, 0) is 27.2 Å². The summed E-state index contributed by atoms with van der Waals surface area (Å²) in [7, 11) is 0. The Bertz CT molecular complexity index is 255. The fourth-order valence-corrected chi connectivity index (χ4v) is 1.04. The summed E-state index contributed by atoms with van der Waals surface area (Å²) in [4.78, 5) is 11.2. The maximum absolute atomic E-state index is 11.2. The first kappa shape index (κ1) is 14.8. The molecule has 0 saturated carbocycles. The average molecular weight is 225 g/mol. The largest absolute Gasteiger partial charge is 0.444 e. The topological polar surface area (TPSA) is 38.3 Å². The van der Waals surface area contributed by atoms with E-state index in [9.17, 15) is 4.79 Å². The quantitative estimate of drug-likeness (QED) is 0.590. The van der Waals surface area contributed by atoms with Crippen molar-refractivity contribution >= 4 is 6.09 Å². The predicted molar refractivity (Wildman–Crippen MR) is 66.2 cm³/mol. The van der Waals surface area contributed by atoms with Crippen molar-refractivity contribution < 1.29 is 9.53 Å². The summed E-state index contributed by atoms with van der Waals surface area (Å²) in [6, 6.07) is 0.